The Labute approximate surface area is 170 Å². The van der Waals surface area contributed by atoms with E-state index in [1.807, 2.05) is 32.1 Å². The zero-order valence-corrected chi connectivity index (χ0v) is 16.8. The van der Waals surface area contributed by atoms with Crippen molar-refractivity contribution in [2.45, 2.75) is 50.5 Å². The van der Waals surface area contributed by atoms with Crippen LogP contribution in [0, 0.1) is 11.8 Å². The Morgan fingerprint density at radius 3 is 2.76 bits per heavy atom. The number of carbonyl (C=O) groups is 3. The van der Waals surface area contributed by atoms with Crippen LogP contribution in [0.3, 0.4) is 0 Å². The fraction of sp³-hybridized carbons (Fsp3) is 0.667. The molecule has 0 saturated carbocycles. The zero-order valence-electron chi connectivity index (χ0n) is 16.8. The normalized spacial score (nSPS) is 38.0. The molecule has 0 aromatic heterocycles. The highest BCUT2D eigenvalue weighted by Gasteiger charge is 2.71. The minimum absolute atomic E-state index is 0.0128. The molecule has 1 unspecified atom stereocenters. The summed E-state index contributed by atoms with van der Waals surface area (Å²) in [5.41, 5.74) is -1.25. The average molecular weight is 404 g/mol. The van der Waals surface area contributed by atoms with Crippen molar-refractivity contribution in [2.24, 2.45) is 11.8 Å². The second-order valence-electron chi connectivity index (χ2n) is 8.32. The lowest BCUT2D eigenvalue weighted by atomic mass is 9.78. The Morgan fingerprint density at radius 1 is 1.24 bits per heavy atom. The van der Waals surface area contributed by atoms with Crippen LogP contribution < -0.4 is 0 Å². The number of esters is 1. The van der Waals surface area contributed by atoms with Gasteiger partial charge in [-0.25, -0.2) is 0 Å². The highest BCUT2D eigenvalue weighted by molar-refractivity contribution is 5.99. The van der Waals surface area contributed by atoms with Crippen molar-refractivity contribution in [3.05, 3.63) is 24.3 Å². The monoisotopic (exact) mass is 404 g/mol. The maximum atomic E-state index is 13.5. The van der Waals surface area contributed by atoms with E-state index in [0.29, 0.717) is 19.6 Å². The molecule has 2 amide bonds. The maximum Gasteiger partial charge on any atom is 0.312 e. The lowest BCUT2D eigenvalue weighted by molar-refractivity contribution is -0.155. The summed E-state index contributed by atoms with van der Waals surface area (Å²) in [5, 5.41) is 9.55. The molecule has 158 valence electrons. The van der Waals surface area contributed by atoms with E-state index in [1.54, 1.807) is 11.0 Å². The molecule has 1 spiro atoms. The number of hydrogen-bond acceptors (Lipinski definition) is 6. The minimum Gasteiger partial charge on any atom is -0.465 e. The van der Waals surface area contributed by atoms with Gasteiger partial charge >= 0.3 is 5.97 Å². The Bertz CT molecular complexity index is 762. The predicted molar refractivity (Wildman–Crippen MR) is 102 cm³/mol. The Hall–Kier alpha value is -2.19. The molecule has 4 aliphatic heterocycles. The molecule has 4 rings (SSSR count). The molecule has 1 N–H and O–H groups in total. The molecule has 0 aromatic rings. The van der Waals surface area contributed by atoms with Crippen molar-refractivity contribution >= 4 is 17.8 Å². The lowest BCUT2D eigenvalue weighted by Crippen LogP contribution is -2.56. The van der Waals surface area contributed by atoms with Crippen LogP contribution in [-0.2, 0) is 23.9 Å². The number of likely N-dealkylation sites (tertiary alicyclic amines) is 1. The number of allylic oxidation sites excluding steroid dienone is 1. The molecular weight excluding hydrogens is 376 g/mol. The van der Waals surface area contributed by atoms with Crippen LogP contribution in [0.5, 0.6) is 0 Å². The molecule has 4 aliphatic rings. The number of cyclic esters (lactones) is 1. The number of nitrogens with zero attached hydrogens (tertiary/aromatic N) is 2. The number of carbonyl (C=O) groups excluding carboxylic acids is 3. The molecule has 0 aromatic carbocycles. The molecule has 5 atom stereocenters. The first-order chi connectivity index (χ1) is 13.9. The van der Waals surface area contributed by atoms with Gasteiger partial charge in [-0.2, -0.15) is 0 Å². The van der Waals surface area contributed by atoms with Crippen molar-refractivity contribution in [1.29, 1.82) is 0 Å². The number of ether oxygens (including phenoxy) is 2. The lowest BCUT2D eigenvalue weighted by Gasteiger charge is -2.36. The van der Waals surface area contributed by atoms with Gasteiger partial charge in [0.2, 0.25) is 11.8 Å². The summed E-state index contributed by atoms with van der Waals surface area (Å²) in [4.78, 5) is 42.9. The van der Waals surface area contributed by atoms with Gasteiger partial charge < -0.3 is 24.4 Å². The van der Waals surface area contributed by atoms with Gasteiger partial charge in [0.15, 0.2) is 0 Å². The summed E-state index contributed by atoms with van der Waals surface area (Å²) in [6.07, 6.45) is 8.25. The molecular formula is C21H28N2O6. The summed E-state index contributed by atoms with van der Waals surface area (Å²) < 4.78 is 11.8. The van der Waals surface area contributed by atoms with Crippen molar-refractivity contribution in [3.8, 4) is 0 Å². The van der Waals surface area contributed by atoms with Crippen molar-refractivity contribution in [2.75, 3.05) is 26.3 Å². The Kier molecular flexibility index (Phi) is 5.25. The van der Waals surface area contributed by atoms with E-state index in [2.05, 4.69) is 0 Å². The van der Waals surface area contributed by atoms with Gasteiger partial charge in [0.05, 0.1) is 25.2 Å². The van der Waals surface area contributed by atoms with Gasteiger partial charge in [-0.15, -0.1) is 0 Å². The number of hydrogen-bond donors (Lipinski definition) is 1. The van der Waals surface area contributed by atoms with E-state index in [4.69, 9.17) is 9.47 Å². The first-order valence-corrected chi connectivity index (χ1v) is 10.3. The molecule has 0 aliphatic carbocycles. The van der Waals surface area contributed by atoms with Crippen LogP contribution in [-0.4, -0.2) is 82.8 Å². The maximum absolute atomic E-state index is 13.5. The predicted octanol–water partition coefficient (Wildman–Crippen LogP) is 0.260. The largest absolute Gasteiger partial charge is 0.465 e. The SMILES string of the molecule is CC(C)N1CC=C[C@]23O[C@@H]4/C=C\CCCOC(=O)[C@@H]4[C@H]2C(=O)N(CCO)C3C1=O. The molecule has 0 bridgehead atoms. The number of fused-ring (bicyclic) bond motifs is 2. The summed E-state index contributed by atoms with van der Waals surface area (Å²) in [6.45, 7) is 4.27. The van der Waals surface area contributed by atoms with E-state index in [1.165, 1.54) is 4.90 Å². The van der Waals surface area contributed by atoms with Crippen molar-refractivity contribution in [1.82, 2.24) is 9.80 Å². The fourth-order valence-electron chi connectivity index (χ4n) is 5.08. The Morgan fingerprint density at radius 2 is 2.03 bits per heavy atom. The first-order valence-electron chi connectivity index (χ1n) is 10.3. The third-order valence-electron chi connectivity index (χ3n) is 6.35. The molecule has 4 heterocycles. The number of amides is 2. The second kappa shape index (κ2) is 7.57. The fourth-order valence-corrected chi connectivity index (χ4v) is 5.08. The number of β-amino-alcohol motifs (C(OH)–C–C–N with tert-alkyl or cyclic N) is 1. The summed E-state index contributed by atoms with van der Waals surface area (Å²) in [5.74, 6) is -2.70. The van der Waals surface area contributed by atoms with Gasteiger partial charge in [-0.1, -0.05) is 24.3 Å². The van der Waals surface area contributed by atoms with E-state index in [-0.39, 0.29) is 31.0 Å². The van der Waals surface area contributed by atoms with Crippen LogP contribution >= 0.6 is 0 Å². The van der Waals surface area contributed by atoms with Crippen LogP contribution in [0.2, 0.25) is 0 Å². The molecule has 29 heavy (non-hydrogen) atoms. The topological polar surface area (TPSA) is 96.4 Å². The summed E-state index contributed by atoms with van der Waals surface area (Å²) in [6, 6.07) is -0.971. The number of rotatable bonds is 3. The minimum atomic E-state index is -1.25. The van der Waals surface area contributed by atoms with Crippen LogP contribution in [0.4, 0.5) is 0 Å². The van der Waals surface area contributed by atoms with E-state index in [0.717, 1.165) is 6.42 Å². The smallest absolute Gasteiger partial charge is 0.312 e. The zero-order chi connectivity index (χ0) is 20.8. The number of aliphatic hydroxyl groups excluding tert-OH is 1. The van der Waals surface area contributed by atoms with E-state index in [9.17, 15) is 19.5 Å². The number of aliphatic hydroxyl groups is 1. The average Bonchev–Trinajstić information content (AvgIpc) is 3.07. The van der Waals surface area contributed by atoms with E-state index >= 15 is 0 Å². The molecule has 2 fully saturated rings. The highest BCUT2D eigenvalue weighted by atomic mass is 16.6. The molecule has 8 heteroatoms. The van der Waals surface area contributed by atoms with Crippen LogP contribution in [0.15, 0.2) is 24.3 Å². The standard InChI is InChI=1S/C21H28N2O6/c1-13(2)22-9-6-8-21-16(18(25)23(10-11-24)17(21)19(22)26)15-14(29-21)7-4-3-5-12-28-20(15)27/h4,6-8,13-17,24H,3,5,9-12H2,1-2H3/b7-4-/t14-,15+,16+,17?,21+/m1/s1. The summed E-state index contributed by atoms with van der Waals surface area (Å²) >= 11 is 0. The van der Waals surface area contributed by atoms with Crippen LogP contribution in [0.25, 0.3) is 0 Å². The second-order valence-corrected chi connectivity index (χ2v) is 8.32. The highest BCUT2D eigenvalue weighted by Crippen LogP contribution is 2.53. The summed E-state index contributed by atoms with van der Waals surface area (Å²) in [7, 11) is 0. The molecule has 8 nitrogen and oxygen atoms in total. The quantitative estimate of drug-likeness (QED) is 0.535. The van der Waals surface area contributed by atoms with Gasteiger partial charge in [-0.05, 0) is 26.7 Å². The van der Waals surface area contributed by atoms with Gasteiger partial charge in [0, 0.05) is 19.1 Å². The van der Waals surface area contributed by atoms with E-state index < -0.39 is 35.6 Å². The van der Waals surface area contributed by atoms with Gasteiger partial charge in [0.1, 0.15) is 17.6 Å². The van der Waals surface area contributed by atoms with Crippen molar-refractivity contribution < 1.29 is 29.0 Å². The third kappa shape index (κ3) is 3.00. The van der Waals surface area contributed by atoms with Gasteiger partial charge in [-0.3, -0.25) is 14.4 Å². The van der Waals surface area contributed by atoms with Crippen molar-refractivity contribution in [3.63, 3.8) is 0 Å². The van der Waals surface area contributed by atoms with Gasteiger partial charge in [0.25, 0.3) is 0 Å². The molecule has 2 saturated heterocycles. The Balaban J connectivity index is 1.83. The third-order valence-corrected chi connectivity index (χ3v) is 6.35. The van der Waals surface area contributed by atoms with Crippen LogP contribution in [0.1, 0.15) is 26.7 Å². The first kappa shape index (κ1) is 20.1. The molecule has 0 radical (unpaired) electrons.